The molecule has 0 spiro atoms. The number of anilines is 2. The quantitative estimate of drug-likeness (QED) is 0.499. The van der Waals surface area contributed by atoms with E-state index in [0.29, 0.717) is 11.3 Å². The van der Waals surface area contributed by atoms with Crippen molar-refractivity contribution in [1.29, 1.82) is 0 Å². The lowest BCUT2D eigenvalue weighted by atomic mass is 10.1. The van der Waals surface area contributed by atoms with E-state index in [9.17, 15) is 19.4 Å². The molecule has 2 atom stereocenters. The van der Waals surface area contributed by atoms with Crippen LogP contribution in [0, 0.1) is 5.82 Å². The van der Waals surface area contributed by atoms with E-state index >= 15 is 0 Å². The van der Waals surface area contributed by atoms with Gasteiger partial charge in [-0.25, -0.2) is 4.39 Å². The number of rotatable bonds is 5. The van der Waals surface area contributed by atoms with Crippen molar-refractivity contribution in [3.8, 4) is 5.75 Å². The highest BCUT2D eigenvalue weighted by atomic mass is 19.1. The van der Waals surface area contributed by atoms with E-state index in [1.165, 1.54) is 24.3 Å². The Hall–Kier alpha value is -2.64. The number of phenols is 1. The molecule has 7 heteroatoms. The van der Waals surface area contributed by atoms with Gasteiger partial charge in [-0.05, 0) is 30.3 Å². The predicted molar refractivity (Wildman–Crippen MR) is 81.5 cm³/mol. The van der Waals surface area contributed by atoms with E-state index in [4.69, 9.17) is 4.74 Å². The molecule has 0 aromatic heterocycles. The lowest BCUT2D eigenvalue weighted by Crippen LogP contribution is -2.21. The number of amides is 1. The molecule has 23 heavy (non-hydrogen) atoms. The fourth-order valence-corrected chi connectivity index (χ4v) is 2.17. The molecule has 2 aromatic carbocycles. The zero-order valence-electron chi connectivity index (χ0n) is 12.0. The number of hydrogen-bond acceptors (Lipinski definition) is 5. The fraction of sp³-hybridized carbons (Fsp3) is 0.188. The normalized spacial score (nSPS) is 19.2. The molecule has 0 radical (unpaired) electrons. The van der Waals surface area contributed by atoms with E-state index in [-0.39, 0.29) is 29.7 Å². The van der Waals surface area contributed by atoms with E-state index in [0.717, 1.165) is 0 Å². The number of aliphatic hydroxyl groups excluding tert-OH is 1. The van der Waals surface area contributed by atoms with Crippen molar-refractivity contribution in [2.24, 2.45) is 0 Å². The average Bonchev–Trinajstić information content (AvgIpc) is 3.25. The van der Waals surface area contributed by atoms with Crippen molar-refractivity contribution in [2.75, 3.05) is 17.2 Å². The summed E-state index contributed by atoms with van der Waals surface area (Å²) in [5.41, 5.74) is 1.26. The van der Waals surface area contributed by atoms with Gasteiger partial charge in [0.15, 0.2) is 6.29 Å². The van der Waals surface area contributed by atoms with Crippen LogP contribution in [-0.4, -0.2) is 29.0 Å². The zero-order valence-corrected chi connectivity index (χ0v) is 12.0. The first-order valence-corrected chi connectivity index (χ1v) is 6.99. The number of para-hydroxylation sites is 1. The largest absolute Gasteiger partial charge is 0.505 e. The molecule has 120 valence electrons. The van der Waals surface area contributed by atoms with Crippen molar-refractivity contribution in [3.05, 3.63) is 53.8 Å². The van der Waals surface area contributed by atoms with Crippen molar-refractivity contribution >= 4 is 17.3 Å². The number of aromatic hydroxyl groups is 1. The first-order chi connectivity index (χ1) is 11.0. The molecule has 4 N–H and O–H groups in total. The second kappa shape index (κ2) is 6.23. The molecule has 2 unspecified atom stereocenters. The highest BCUT2D eigenvalue weighted by molar-refractivity contribution is 5.95. The maximum Gasteiger partial charge on any atom is 0.243 e. The molecule has 1 aliphatic rings. The Labute approximate surface area is 131 Å². The fourth-order valence-electron chi connectivity index (χ4n) is 2.17. The van der Waals surface area contributed by atoms with Crippen LogP contribution in [-0.2, 0) is 9.53 Å². The smallest absolute Gasteiger partial charge is 0.243 e. The van der Waals surface area contributed by atoms with Gasteiger partial charge in [0.1, 0.15) is 17.7 Å². The van der Waals surface area contributed by atoms with Crippen LogP contribution >= 0.6 is 0 Å². The van der Waals surface area contributed by atoms with Gasteiger partial charge in [0, 0.05) is 11.3 Å². The number of aliphatic hydroxyl groups is 1. The number of benzene rings is 2. The SMILES string of the molecule is O=C(CNc1ccc(F)cc1)Nc1cccc(C2OC2O)c1O. The predicted octanol–water partition coefficient (Wildman–Crippen LogP) is 1.97. The van der Waals surface area contributed by atoms with Gasteiger partial charge >= 0.3 is 0 Å². The minimum absolute atomic E-state index is 0.0438. The Morgan fingerprint density at radius 3 is 2.57 bits per heavy atom. The summed E-state index contributed by atoms with van der Waals surface area (Å²) < 4.78 is 17.7. The highest BCUT2D eigenvalue weighted by Gasteiger charge is 2.40. The molecule has 3 rings (SSSR count). The monoisotopic (exact) mass is 318 g/mol. The third-order valence-corrected chi connectivity index (χ3v) is 3.41. The lowest BCUT2D eigenvalue weighted by molar-refractivity contribution is -0.114. The van der Waals surface area contributed by atoms with E-state index in [1.54, 1.807) is 18.2 Å². The summed E-state index contributed by atoms with van der Waals surface area (Å²) in [6.07, 6.45) is -1.49. The summed E-state index contributed by atoms with van der Waals surface area (Å²) in [6, 6.07) is 10.4. The van der Waals surface area contributed by atoms with Crippen LogP contribution < -0.4 is 10.6 Å². The highest BCUT2D eigenvalue weighted by Crippen LogP contribution is 2.43. The molecule has 0 saturated carbocycles. The van der Waals surface area contributed by atoms with Crippen LogP contribution in [0.15, 0.2) is 42.5 Å². The molecule has 1 heterocycles. The van der Waals surface area contributed by atoms with Crippen LogP contribution in [0.25, 0.3) is 0 Å². The van der Waals surface area contributed by atoms with Crippen LogP contribution in [0.3, 0.4) is 0 Å². The van der Waals surface area contributed by atoms with Crippen molar-refractivity contribution in [1.82, 2.24) is 0 Å². The van der Waals surface area contributed by atoms with Gasteiger partial charge in [-0.3, -0.25) is 4.79 Å². The number of phenolic OH excluding ortho intramolecular Hbond substituents is 1. The number of carbonyl (C=O) groups is 1. The summed E-state index contributed by atoms with van der Waals surface area (Å²) in [7, 11) is 0. The Morgan fingerprint density at radius 2 is 1.91 bits per heavy atom. The number of epoxide rings is 1. The molecule has 2 aromatic rings. The Kier molecular flexibility index (Phi) is 4.14. The average molecular weight is 318 g/mol. The summed E-state index contributed by atoms with van der Waals surface area (Å²) >= 11 is 0. The zero-order chi connectivity index (χ0) is 16.4. The van der Waals surface area contributed by atoms with Gasteiger partial charge in [-0.15, -0.1) is 0 Å². The minimum atomic E-state index is -0.924. The number of carbonyl (C=O) groups excluding carboxylic acids is 1. The Morgan fingerprint density at radius 1 is 1.22 bits per heavy atom. The van der Waals surface area contributed by atoms with Crippen LogP contribution in [0.2, 0.25) is 0 Å². The van der Waals surface area contributed by atoms with E-state index in [1.807, 2.05) is 0 Å². The maximum atomic E-state index is 12.8. The van der Waals surface area contributed by atoms with Crippen LogP contribution in [0.5, 0.6) is 5.75 Å². The summed E-state index contributed by atoms with van der Waals surface area (Å²) in [5, 5.41) is 24.8. The third kappa shape index (κ3) is 3.58. The van der Waals surface area contributed by atoms with Crippen LogP contribution in [0.4, 0.5) is 15.8 Å². The van der Waals surface area contributed by atoms with Gasteiger partial charge < -0.3 is 25.6 Å². The number of halogens is 1. The molecule has 1 aliphatic heterocycles. The number of hydrogen-bond donors (Lipinski definition) is 4. The second-order valence-electron chi connectivity index (χ2n) is 5.10. The van der Waals surface area contributed by atoms with E-state index in [2.05, 4.69) is 10.6 Å². The van der Waals surface area contributed by atoms with Crippen LogP contribution in [0.1, 0.15) is 11.7 Å². The molecule has 1 fully saturated rings. The van der Waals surface area contributed by atoms with Crippen molar-refractivity contribution < 1.29 is 24.1 Å². The van der Waals surface area contributed by atoms with Gasteiger partial charge in [-0.2, -0.15) is 0 Å². The first kappa shape index (κ1) is 15.3. The molecular formula is C16H15FN2O4. The number of nitrogens with one attached hydrogen (secondary N) is 2. The lowest BCUT2D eigenvalue weighted by Gasteiger charge is -2.11. The summed E-state index contributed by atoms with van der Waals surface area (Å²) in [5.74, 6) is -0.866. The van der Waals surface area contributed by atoms with E-state index < -0.39 is 12.4 Å². The maximum absolute atomic E-state index is 12.8. The number of ether oxygens (including phenoxy) is 1. The standard InChI is InChI=1S/C16H15FN2O4/c17-9-4-6-10(7-5-9)18-8-13(20)19-12-3-1-2-11(14(12)21)15-16(22)23-15/h1-7,15-16,18,21-22H,8H2,(H,19,20). The van der Waals surface area contributed by atoms with Gasteiger partial charge in [0.05, 0.1) is 12.2 Å². The topological polar surface area (TPSA) is 94.1 Å². The molecule has 1 saturated heterocycles. The second-order valence-corrected chi connectivity index (χ2v) is 5.10. The molecule has 6 nitrogen and oxygen atoms in total. The van der Waals surface area contributed by atoms with Crippen molar-refractivity contribution in [2.45, 2.75) is 12.4 Å². The molecule has 0 bridgehead atoms. The first-order valence-electron chi connectivity index (χ1n) is 6.99. The molecule has 0 aliphatic carbocycles. The minimum Gasteiger partial charge on any atom is -0.505 e. The third-order valence-electron chi connectivity index (χ3n) is 3.41. The summed E-state index contributed by atoms with van der Waals surface area (Å²) in [6.45, 7) is -0.0438. The van der Waals surface area contributed by atoms with Gasteiger partial charge in [-0.1, -0.05) is 12.1 Å². The molecule has 1 amide bonds. The van der Waals surface area contributed by atoms with Gasteiger partial charge in [0.2, 0.25) is 5.91 Å². The molecular weight excluding hydrogens is 303 g/mol. The van der Waals surface area contributed by atoms with Gasteiger partial charge in [0.25, 0.3) is 0 Å². The summed E-state index contributed by atoms with van der Waals surface area (Å²) in [4.78, 5) is 11.9. The Bertz CT molecular complexity index is 721. The Balaban J connectivity index is 1.60. The van der Waals surface area contributed by atoms with Crippen molar-refractivity contribution in [3.63, 3.8) is 0 Å².